The van der Waals surface area contributed by atoms with Crippen LogP contribution in [0.2, 0.25) is 0 Å². The van der Waals surface area contributed by atoms with Crippen molar-refractivity contribution in [1.29, 1.82) is 5.41 Å². The van der Waals surface area contributed by atoms with Crippen molar-refractivity contribution >= 4 is 34.7 Å². The van der Waals surface area contributed by atoms with Crippen molar-refractivity contribution in [3.05, 3.63) is 59.8 Å². The number of hydrogen-bond donors (Lipinski definition) is 6. The molecule has 1 saturated heterocycles. The first-order valence-corrected chi connectivity index (χ1v) is 13.1. The molecule has 10 heteroatoms. The topological polar surface area (TPSA) is 158 Å². The Labute approximate surface area is 225 Å². The van der Waals surface area contributed by atoms with E-state index < -0.39 is 0 Å². The number of rotatable bonds is 10. The van der Waals surface area contributed by atoms with E-state index in [9.17, 15) is 4.79 Å². The van der Waals surface area contributed by atoms with Crippen LogP contribution in [-0.4, -0.2) is 52.8 Å². The highest BCUT2D eigenvalue weighted by atomic mass is 16.2. The van der Waals surface area contributed by atoms with Crippen LogP contribution in [-0.2, 0) is 0 Å². The van der Waals surface area contributed by atoms with Gasteiger partial charge in [-0.15, -0.1) is 0 Å². The van der Waals surface area contributed by atoms with Gasteiger partial charge in [0, 0.05) is 55.4 Å². The zero-order valence-electron chi connectivity index (χ0n) is 22.8. The Morgan fingerprint density at radius 3 is 2.58 bits per heavy atom. The van der Waals surface area contributed by atoms with E-state index in [1.165, 1.54) is 6.21 Å². The molecule has 38 heavy (non-hydrogen) atoms. The predicted molar refractivity (Wildman–Crippen MR) is 155 cm³/mol. The molecule has 0 aliphatic carbocycles. The first kappa shape index (κ1) is 28.5. The summed E-state index contributed by atoms with van der Waals surface area (Å²) in [6.45, 7) is 10.3. The molecular weight excluding hydrogens is 478 g/mol. The van der Waals surface area contributed by atoms with Gasteiger partial charge in [-0.2, -0.15) is 0 Å². The van der Waals surface area contributed by atoms with Crippen LogP contribution < -0.4 is 27.4 Å². The fourth-order valence-electron chi connectivity index (χ4n) is 4.23. The molecule has 3 rings (SSSR count). The number of pyridine rings is 2. The SMILES string of the molecule is CC(C)NC(=O)N1CCC(CN/C=C(\C=N)c2cnc3ccc(N/C(N)=C/C(=C\N)C(C)C)nc3c2)CC1. The second kappa shape index (κ2) is 13.5. The molecule has 2 amide bonds. The molecule has 3 heterocycles. The monoisotopic (exact) mass is 519 g/mol. The molecule has 2 aromatic rings. The number of piperidine rings is 1. The van der Waals surface area contributed by atoms with Crippen molar-refractivity contribution in [1.82, 2.24) is 25.5 Å². The zero-order chi connectivity index (χ0) is 27.7. The molecule has 204 valence electrons. The summed E-state index contributed by atoms with van der Waals surface area (Å²) >= 11 is 0. The highest BCUT2D eigenvalue weighted by Crippen LogP contribution is 2.20. The number of likely N-dealkylation sites (tertiary alicyclic amines) is 1. The number of aromatic nitrogens is 2. The van der Waals surface area contributed by atoms with Gasteiger partial charge in [0.25, 0.3) is 0 Å². The number of nitrogens with one attached hydrogen (secondary N) is 4. The average Bonchev–Trinajstić information content (AvgIpc) is 2.89. The van der Waals surface area contributed by atoms with Crippen LogP contribution in [0.4, 0.5) is 10.6 Å². The maximum atomic E-state index is 12.2. The minimum Gasteiger partial charge on any atom is -0.404 e. The van der Waals surface area contributed by atoms with Gasteiger partial charge >= 0.3 is 6.03 Å². The van der Waals surface area contributed by atoms with Crippen LogP contribution in [0.3, 0.4) is 0 Å². The first-order valence-electron chi connectivity index (χ1n) is 13.1. The fraction of sp³-hybridized carbons (Fsp3) is 0.429. The first-order chi connectivity index (χ1) is 18.2. The summed E-state index contributed by atoms with van der Waals surface area (Å²) in [6, 6.07) is 5.77. The molecule has 1 fully saturated rings. The zero-order valence-corrected chi connectivity index (χ0v) is 22.8. The lowest BCUT2D eigenvalue weighted by molar-refractivity contribution is 0.168. The van der Waals surface area contributed by atoms with Gasteiger partial charge in [0.2, 0.25) is 0 Å². The smallest absolute Gasteiger partial charge is 0.317 e. The van der Waals surface area contributed by atoms with Crippen molar-refractivity contribution < 1.29 is 4.79 Å². The van der Waals surface area contributed by atoms with Crippen LogP contribution in [0.5, 0.6) is 0 Å². The van der Waals surface area contributed by atoms with E-state index in [0.29, 0.717) is 28.6 Å². The van der Waals surface area contributed by atoms with Gasteiger partial charge in [0.15, 0.2) is 0 Å². The molecule has 1 aliphatic heterocycles. The van der Waals surface area contributed by atoms with E-state index in [-0.39, 0.29) is 18.0 Å². The molecule has 1 aliphatic rings. The van der Waals surface area contributed by atoms with Crippen LogP contribution in [0.1, 0.15) is 46.1 Å². The standard InChI is InChI=1S/C28H41N9O/c1-18(2)21(13-29)12-26(31)36-27-6-5-24-25(35-27)11-22(17-33-24)23(14-30)16-32-15-20-7-9-37(10-8-20)28(38)34-19(3)4/h5-6,11-14,16-20,30,32H,7-10,15,29,31H2,1-4H3,(H,34,38)(H,35,36)/b21-13+,23-16+,26-12+,30-14?. The fourth-order valence-corrected chi connectivity index (χ4v) is 4.23. The Bertz CT molecular complexity index is 1210. The molecule has 0 spiro atoms. The third-order valence-electron chi connectivity index (χ3n) is 6.46. The number of fused-ring (bicyclic) bond motifs is 1. The molecule has 0 radical (unpaired) electrons. The van der Waals surface area contributed by atoms with Gasteiger partial charge in [-0.3, -0.25) is 4.98 Å². The lowest BCUT2D eigenvalue weighted by atomic mass is 9.97. The van der Waals surface area contributed by atoms with Crippen molar-refractivity contribution in [3.8, 4) is 0 Å². The third-order valence-corrected chi connectivity index (χ3v) is 6.46. The number of allylic oxidation sites excluding steroid dienone is 3. The lowest BCUT2D eigenvalue weighted by Crippen LogP contribution is -2.47. The largest absolute Gasteiger partial charge is 0.404 e. The Hall–Kier alpha value is -4.08. The minimum atomic E-state index is 0.0135. The summed E-state index contributed by atoms with van der Waals surface area (Å²) in [5, 5.41) is 17.4. The number of urea groups is 1. The number of amides is 2. The Morgan fingerprint density at radius 2 is 1.95 bits per heavy atom. The van der Waals surface area contributed by atoms with Crippen molar-refractivity contribution in [3.63, 3.8) is 0 Å². The Kier molecular flexibility index (Phi) is 10.1. The normalized spacial score (nSPS) is 15.7. The number of nitrogens with two attached hydrogens (primary N) is 2. The van der Waals surface area contributed by atoms with Crippen LogP contribution in [0.25, 0.3) is 16.6 Å². The van der Waals surface area contributed by atoms with Gasteiger partial charge in [-0.25, -0.2) is 9.78 Å². The molecule has 0 atom stereocenters. The second-order valence-corrected chi connectivity index (χ2v) is 10.2. The van der Waals surface area contributed by atoms with Crippen LogP contribution in [0.15, 0.2) is 54.3 Å². The molecule has 0 aromatic carbocycles. The number of anilines is 1. The van der Waals surface area contributed by atoms with Crippen molar-refractivity contribution in [2.24, 2.45) is 23.3 Å². The average molecular weight is 520 g/mol. The number of nitrogens with zero attached hydrogens (tertiary/aromatic N) is 3. The maximum Gasteiger partial charge on any atom is 0.317 e. The van der Waals surface area contributed by atoms with Crippen LogP contribution >= 0.6 is 0 Å². The number of carbonyl (C=O) groups is 1. The summed E-state index contributed by atoms with van der Waals surface area (Å²) in [4.78, 5) is 23.3. The number of hydrogen-bond acceptors (Lipinski definition) is 8. The third kappa shape index (κ3) is 7.96. The lowest BCUT2D eigenvalue weighted by Gasteiger charge is -2.32. The summed E-state index contributed by atoms with van der Waals surface area (Å²) in [5.74, 6) is 1.76. The van der Waals surface area contributed by atoms with E-state index >= 15 is 0 Å². The molecule has 0 saturated carbocycles. The maximum absolute atomic E-state index is 12.2. The second-order valence-electron chi connectivity index (χ2n) is 10.2. The number of carbonyl (C=O) groups excluding carboxylic acids is 1. The Morgan fingerprint density at radius 1 is 1.21 bits per heavy atom. The predicted octanol–water partition coefficient (Wildman–Crippen LogP) is 3.75. The summed E-state index contributed by atoms with van der Waals surface area (Å²) in [5.41, 5.74) is 15.7. The molecule has 0 bridgehead atoms. The molecule has 10 nitrogen and oxygen atoms in total. The van der Waals surface area contributed by atoms with E-state index in [2.05, 4.69) is 25.9 Å². The van der Waals surface area contributed by atoms with E-state index in [4.69, 9.17) is 16.9 Å². The van der Waals surface area contributed by atoms with Crippen LogP contribution in [0, 0.1) is 17.2 Å². The van der Waals surface area contributed by atoms with Gasteiger partial charge in [-0.1, -0.05) is 13.8 Å². The van der Waals surface area contributed by atoms with E-state index in [0.717, 1.165) is 49.1 Å². The highest BCUT2D eigenvalue weighted by Gasteiger charge is 2.22. The highest BCUT2D eigenvalue weighted by molar-refractivity contribution is 6.08. The van der Waals surface area contributed by atoms with E-state index in [1.54, 1.807) is 18.5 Å². The van der Waals surface area contributed by atoms with Gasteiger partial charge < -0.3 is 37.7 Å². The van der Waals surface area contributed by atoms with E-state index in [1.807, 2.05) is 57.0 Å². The van der Waals surface area contributed by atoms with Crippen molar-refractivity contribution in [2.45, 2.75) is 46.6 Å². The van der Waals surface area contributed by atoms with Gasteiger partial charge in [-0.05, 0) is 74.6 Å². The van der Waals surface area contributed by atoms with Gasteiger partial charge in [0.1, 0.15) is 11.6 Å². The molecule has 8 N–H and O–H groups in total. The summed E-state index contributed by atoms with van der Waals surface area (Å²) in [6.07, 6.45) is 10.2. The summed E-state index contributed by atoms with van der Waals surface area (Å²) < 4.78 is 0. The minimum absolute atomic E-state index is 0.0135. The quantitative estimate of drug-likeness (QED) is 0.206. The molecule has 0 unspecified atom stereocenters. The van der Waals surface area contributed by atoms with Gasteiger partial charge in [0.05, 0.1) is 11.0 Å². The van der Waals surface area contributed by atoms with Crippen molar-refractivity contribution in [2.75, 3.05) is 25.0 Å². The Balaban J connectivity index is 1.63. The summed E-state index contributed by atoms with van der Waals surface area (Å²) in [7, 11) is 0. The molecule has 2 aromatic heterocycles. The molecular formula is C28H41N9O.